The van der Waals surface area contributed by atoms with E-state index in [-0.39, 0.29) is 30.0 Å². The zero-order valence-electron chi connectivity index (χ0n) is 23.3. The first kappa shape index (κ1) is 30.0. The smallest absolute Gasteiger partial charge is 0.444 e. The lowest BCUT2D eigenvalue weighted by atomic mass is 9.96. The number of carbonyl (C=O) groups is 2. The Morgan fingerprint density at radius 1 is 1.27 bits per heavy atom. The van der Waals surface area contributed by atoms with E-state index in [1.807, 2.05) is 44.2 Å². The molecule has 1 aliphatic carbocycles. The Kier molecular flexibility index (Phi) is 9.87. The van der Waals surface area contributed by atoms with Crippen LogP contribution in [-0.4, -0.2) is 95.4 Å². The highest BCUT2D eigenvalue weighted by Gasteiger charge is 2.49. The summed E-state index contributed by atoms with van der Waals surface area (Å²) in [6.45, 7) is 6.77. The number of hydrogen-bond acceptors (Lipinski definition) is 9. The van der Waals surface area contributed by atoms with Crippen LogP contribution in [0.25, 0.3) is 0 Å². The number of likely N-dealkylation sites (tertiary alicyclic amines) is 1. The van der Waals surface area contributed by atoms with Crippen molar-refractivity contribution in [2.75, 3.05) is 32.8 Å². The van der Waals surface area contributed by atoms with E-state index in [9.17, 15) is 24.9 Å². The number of morpholine rings is 1. The quantitative estimate of drug-likeness (QED) is 0.180. The van der Waals surface area contributed by atoms with Gasteiger partial charge in [0.05, 0.1) is 18.8 Å². The highest BCUT2D eigenvalue weighted by atomic mass is 16.6. The van der Waals surface area contributed by atoms with Crippen molar-refractivity contribution in [1.29, 1.82) is 5.26 Å². The summed E-state index contributed by atoms with van der Waals surface area (Å²) in [6, 6.07) is 11.3. The van der Waals surface area contributed by atoms with Crippen molar-refractivity contribution < 1.29 is 33.8 Å². The van der Waals surface area contributed by atoms with E-state index in [0.29, 0.717) is 19.6 Å². The first-order chi connectivity index (χ1) is 19.1. The summed E-state index contributed by atoms with van der Waals surface area (Å²) in [5.41, 5.74) is 0.311. The molecule has 2 aliphatic heterocycles. The van der Waals surface area contributed by atoms with Gasteiger partial charge >= 0.3 is 13.4 Å². The van der Waals surface area contributed by atoms with Crippen molar-refractivity contribution in [2.24, 2.45) is 0 Å². The van der Waals surface area contributed by atoms with Gasteiger partial charge in [-0.3, -0.25) is 15.0 Å². The summed E-state index contributed by atoms with van der Waals surface area (Å²) in [6.07, 6.45) is 3.61. The zero-order valence-corrected chi connectivity index (χ0v) is 23.3. The van der Waals surface area contributed by atoms with Gasteiger partial charge in [-0.05, 0) is 57.6 Å². The summed E-state index contributed by atoms with van der Waals surface area (Å²) < 4.78 is 16.6. The molecule has 3 fully saturated rings. The van der Waals surface area contributed by atoms with Crippen molar-refractivity contribution in [3.63, 3.8) is 0 Å². The van der Waals surface area contributed by atoms with E-state index in [1.54, 1.807) is 11.0 Å². The van der Waals surface area contributed by atoms with Crippen LogP contribution in [0, 0.1) is 11.3 Å². The first-order valence-electron chi connectivity index (χ1n) is 13.9. The molecular weight excluding hydrogens is 515 g/mol. The maximum Gasteiger partial charge on any atom is 0.635 e. The van der Waals surface area contributed by atoms with Crippen LogP contribution in [-0.2, 0) is 25.3 Å². The van der Waals surface area contributed by atoms with Crippen molar-refractivity contribution in [2.45, 2.75) is 75.8 Å². The molecule has 0 unspecified atom stereocenters. The van der Waals surface area contributed by atoms with Gasteiger partial charge in [-0.15, -0.1) is 0 Å². The normalized spacial score (nSPS) is 22.1. The number of rotatable bonds is 9. The lowest BCUT2D eigenvalue weighted by Gasteiger charge is -2.42. The number of carbonyl (C=O) groups excluding carboxylic acids is 2. The van der Waals surface area contributed by atoms with E-state index in [0.717, 1.165) is 44.3 Å². The van der Waals surface area contributed by atoms with Gasteiger partial charge < -0.3 is 29.1 Å². The van der Waals surface area contributed by atoms with Crippen LogP contribution in [0.5, 0.6) is 0 Å². The number of ether oxygens (including phenoxy) is 2. The second kappa shape index (κ2) is 13.1. The number of nitrogens with zero attached hydrogens (tertiary/aromatic N) is 3. The minimum Gasteiger partial charge on any atom is -0.444 e. The van der Waals surface area contributed by atoms with Crippen LogP contribution in [0.2, 0.25) is 0 Å². The molecule has 4 rings (SSSR count). The minimum atomic E-state index is -2.08. The monoisotopic (exact) mass is 554 g/mol. The summed E-state index contributed by atoms with van der Waals surface area (Å²) in [5.74, 6) is -0.380. The lowest BCUT2D eigenvalue weighted by molar-refractivity contribution is -0.128. The molecule has 3 aliphatic rings. The average Bonchev–Trinajstić information content (AvgIpc) is 3.70. The third-order valence-corrected chi connectivity index (χ3v) is 7.74. The Bertz CT molecular complexity index is 1100. The fraction of sp³-hybridized carbons (Fsp3) is 0.607. The van der Waals surface area contributed by atoms with Gasteiger partial charge in [0, 0.05) is 31.6 Å². The number of hydrogen-bond donors (Lipinski definition) is 3. The fourth-order valence-electron chi connectivity index (χ4n) is 5.34. The molecule has 1 spiro atoms. The van der Waals surface area contributed by atoms with E-state index >= 15 is 0 Å². The molecule has 1 aromatic rings. The highest BCUT2D eigenvalue weighted by Crippen LogP contribution is 2.43. The third-order valence-electron chi connectivity index (χ3n) is 7.74. The number of nitriles is 1. The van der Waals surface area contributed by atoms with Gasteiger partial charge in [0.1, 0.15) is 24.0 Å². The van der Waals surface area contributed by atoms with Crippen LogP contribution >= 0.6 is 0 Å². The second-order valence-corrected chi connectivity index (χ2v) is 11.3. The Hall–Kier alpha value is -2.95. The summed E-state index contributed by atoms with van der Waals surface area (Å²) in [4.78, 5) is 30.1. The van der Waals surface area contributed by atoms with Crippen molar-refractivity contribution >= 4 is 19.3 Å². The number of alkyl carbamates (subject to hydrolysis) is 1. The maximum absolute atomic E-state index is 13.5. The highest BCUT2D eigenvalue weighted by molar-refractivity contribution is 6.32. The van der Waals surface area contributed by atoms with Gasteiger partial charge in [0.15, 0.2) is 0 Å². The van der Waals surface area contributed by atoms with E-state index in [1.165, 1.54) is 0 Å². The van der Waals surface area contributed by atoms with Crippen molar-refractivity contribution in [3.05, 3.63) is 47.5 Å². The molecule has 40 heavy (non-hydrogen) atoms. The molecule has 0 bridgehead atoms. The molecule has 0 aromatic heterocycles. The molecule has 1 aromatic carbocycles. The molecule has 2 heterocycles. The van der Waals surface area contributed by atoms with E-state index in [4.69, 9.17) is 14.1 Å². The van der Waals surface area contributed by atoms with Gasteiger partial charge in [-0.2, -0.15) is 5.26 Å². The van der Waals surface area contributed by atoms with Crippen LogP contribution in [0.4, 0.5) is 4.79 Å². The van der Waals surface area contributed by atoms with Crippen LogP contribution in [0.15, 0.2) is 42.0 Å². The molecule has 0 radical (unpaired) electrons. The second-order valence-electron chi connectivity index (χ2n) is 11.3. The topological polar surface area (TPSA) is 145 Å². The minimum absolute atomic E-state index is 0.0692. The molecule has 1 saturated carbocycles. The van der Waals surface area contributed by atoms with Gasteiger partial charge in [-0.1, -0.05) is 30.3 Å². The maximum atomic E-state index is 13.5. The van der Waals surface area contributed by atoms with Gasteiger partial charge in [-0.25, -0.2) is 4.79 Å². The predicted molar refractivity (Wildman–Crippen MR) is 146 cm³/mol. The van der Waals surface area contributed by atoms with E-state index in [2.05, 4.69) is 16.3 Å². The largest absolute Gasteiger partial charge is 0.635 e. The Morgan fingerprint density at radius 2 is 2.02 bits per heavy atom. The van der Waals surface area contributed by atoms with Crippen LogP contribution < -0.4 is 5.32 Å². The molecule has 2 saturated heterocycles. The van der Waals surface area contributed by atoms with Crippen molar-refractivity contribution in [3.8, 4) is 6.07 Å². The molecule has 2 atom stereocenters. The summed E-state index contributed by atoms with van der Waals surface area (Å²) in [5, 5.41) is 31.0. The molecule has 11 nitrogen and oxygen atoms in total. The molecule has 216 valence electrons. The Morgan fingerprint density at radius 3 is 2.70 bits per heavy atom. The zero-order chi connectivity index (χ0) is 28.8. The fourth-order valence-corrected chi connectivity index (χ4v) is 5.34. The molecule has 2 amide bonds. The van der Waals surface area contributed by atoms with Crippen LogP contribution in [0.1, 0.15) is 51.5 Å². The molecule has 12 heteroatoms. The molecule has 3 N–H and O–H groups in total. The number of nitrogens with one attached hydrogen (secondary N) is 1. The SMILES string of the molecule is CC(C)(C=C(C#N)C(=O)N1CCCC[C@@H](OC(=O)N[C@@H](Cc2ccccc2)OB(O)O)C1)N1CCOC2(CC2)C1. The first-order valence-corrected chi connectivity index (χ1v) is 13.9. The van der Waals surface area contributed by atoms with Gasteiger partial charge in [0.25, 0.3) is 5.91 Å². The Balaban J connectivity index is 1.37. The number of benzene rings is 1. The summed E-state index contributed by atoms with van der Waals surface area (Å²) in [7, 11) is -2.08. The summed E-state index contributed by atoms with van der Waals surface area (Å²) >= 11 is 0. The lowest BCUT2D eigenvalue weighted by Crippen LogP contribution is -2.53. The third kappa shape index (κ3) is 8.28. The number of amides is 2. The van der Waals surface area contributed by atoms with E-state index < -0.39 is 31.3 Å². The standard InChI is InChI=1S/C28H39BN4O7/c1-27(2,33-14-15-38-28(20-33)11-12-28)17-22(18-30)25(34)32-13-7-6-10-23(19-32)39-26(35)31-24(40-29(36)37)16-21-8-4-3-5-9-21/h3-5,8-9,17,23-24,36-37H,6-7,10-16,19-20H2,1-2H3,(H,31,35)/t23-,24-/m1/s1. The van der Waals surface area contributed by atoms with Crippen molar-refractivity contribution in [1.82, 2.24) is 15.1 Å². The molecular formula is C28H39BN4O7. The van der Waals surface area contributed by atoms with Crippen LogP contribution in [0.3, 0.4) is 0 Å². The average molecular weight is 554 g/mol. The Labute approximate surface area is 235 Å². The predicted octanol–water partition coefficient (Wildman–Crippen LogP) is 1.74. The van der Waals surface area contributed by atoms with Gasteiger partial charge in [0.2, 0.25) is 0 Å².